The Kier molecular flexibility index (Phi) is 5.59. The summed E-state index contributed by atoms with van der Waals surface area (Å²) >= 11 is 0. The van der Waals surface area contributed by atoms with E-state index in [0.717, 1.165) is 6.42 Å². The Hall–Kier alpha value is -1.15. The normalized spacial score (nSPS) is 23.9. The molecule has 0 atom stereocenters. The van der Waals surface area contributed by atoms with E-state index < -0.39 is 0 Å². The van der Waals surface area contributed by atoms with Crippen molar-refractivity contribution in [2.24, 2.45) is 5.92 Å². The number of rotatable bonds is 5. The highest BCUT2D eigenvalue weighted by molar-refractivity contribution is 5.25. The molecule has 0 aromatic heterocycles. The SMILES string of the molecule is COCc1ccc([C@H]2CC[C@H](C/C=C/F)CC2)cc1. The van der Waals surface area contributed by atoms with Gasteiger partial charge in [-0.3, -0.25) is 0 Å². The van der Waals surface area contributed by atoms with Crippen molar-refractivity contribution >= 4 is 0 Å². The molecule has 0 saturated heterocycles. The Balaban J connectivity index is 1.86. The van der Waals surface area contributed by atoms with Gasteiger partial charge in [0, 0.05) is 7.11 Å². The van der Waals surface area contributed by atoms with Crippen LogP contribution in [0.5, 0.6) is 0 Å². The Bertz CT molecular complexity index is 388. The monoisotopic (exact) mass is 262 g/mol. The fourth-order valence-electron chi connectivity index (χ4n) is 3.03. The molecular weight excluding hydrogens is 239 g/mol. The second kappa shape index (κ2) is 7.44. The average molecular weight is 262 g/mol. The highest BCUT2D eigenvalue weighted by atomic mass is 19.1. The fraction of sp³-hybridized carbons (Fsp3) is 0.529. The summed E-state index contributed by atoms with van der Waals surface area (Å²) in [6, 6.07) is 8.80. The van der Waals surface area contributed by atoms with Gasteiger partial charge in [-0.1, -0.05) is 30.3 Å². The summed E-state index contributed by atoms with van der Waals surface area (Å²) in [5.74, 6) is 1.36. The van der Waals surface area contributed by atoms with Crippen molar-refractivity contribution in [3.63, 3.8) is 0 Å². The van der Waals surface area contributed by atoms with Crippen LogP contribution in [0.3, 0.4) is 0 Å². The van der Waals surface area contributed by atoms with E-state index in [2.05, 4.69) is 24.3 Å². The van der Waals surface area contributed by atoms with E-state index >= 15 is 0 Å². The maximum absolute atomic E-state index is 12.0. The van der Waals surface area contributed by atoms with Gasteiger partial charge < -0.3 is 4.74 Å². The van der Waals surface area contributed by atoms with Crippen LogP contribution >= 0.6 is 0 Å². The Labute approximate surface area is 115 Å². The van der Waals surface area contributed by atoms with Gasteiger partial charge in [-0.2, -0.15) is 0 Å². The molecule has 1 saturated carbocycles. The maximum Gasteiger partial charge on any atom is 0.0827 e. The molecule has 0 aliphatic heterocycles. The van der Waals surface area contributed by atoms with Crippen LogP contribution in [-0.4, -0.2) is 7.11 Å². The minimum Gasteiger partial charge on any atom is -0.380 e. The second-order valence-corrected chi connectivity index (χ2v) is 5.49. The molecule has 0 bridgehead atoms. The summed E-state index contributed by atoms with van der Waals surface area (Å²) < 4.78 is 17.1. The van der Waals surface area contributed by atoms with E-state index in [1.807, 2.05) is 0 Å². The summed E-state index contributed by atoms with van der Waals surface area (Å²) in [5, 5.41) is 0. The van der Waals surface area contributed by atoms with Crippen molar-refractivity contribution in [3.8, 4) is 0 Å². The largest absolute Gasteiger partial charge is 0.380 e. The molecule has 104 valence electrons. The zero-order valence-electron chi connectivity index (χ0n) is 11.6. The van der Waals surface area contributed by atoms with E-state index in [-0.39, 0.29) is 0 Å². The summed E-state index contributed by atoms with van der Waals surface area (Å²) in [5.41, 5.74) is 2.67. The van der Waals surface area contributed by atoms with Gasteiger partial charge in [0.2, 0.25) is 0 Å². The predicted octanol–water partition coefficient (Wildman–Crippen LogP) is 4.98. The number of methoxy groups -OCH3 is 1. The van der Waals surface area contributed by atoms with Gasteiger partial charge >= 0.3 is 0 Å². The van der Waals surface area contributed by atoms with Crippen LogP contribution in [-0.2, 0) is 11.3 Å². The second-order valence-electron chi connectivity index (χ2n) is 5.49. The molecule has 19 heavy (non-hydrogen) atoms. The molecule has 0 radical (unpaired) electrons. The van der Waals surface area contributed by atoms with E-state index in [4.69, 9.17) is 4.74 Å². The van der Waals surface area contributed by atoms with Crippen molar-refractivity contribution < 1.29 is 9.13 Å². The van der Waals surface area contributed by atoms with Gasteiger partial charge in [-0.15, -0.1) is 0 Å². The molecular formula is C17H23FO. The summed E-state index contributed by atoms with van der Waals surface area (Å²) in [7, 11) is 1.72. The predicted molar refractivity (Wildman–Crippen MR) is 76.7 cm³/mol. The average Bonchev–Trinajstić information content (AvgIpc) is 2.47. The zero-order valence-corrected chi connectivity index (χ0v) is 11.6. The number of hydrogen-bond donors (Lipinski definition) is 0. The first kappa shape index (κ1) is 14.3. The smallest absolute Gasteiger partial charge is 0.0827 e. The molecule has 0 heterocycles. The molecule has 1 aliphatic rings. The number of benzene rings is 1. The molecule has 0 amide bonds. The zero-order chi connectivity index (χ0) is 13.5. The number of hydrogen-bond acceptors (Lipinski definition) is 1. The first-order valence-electron chi connectivity index (χ1n) is 7.16. The highest BCUT2D eigenvalue weighted by Crippen LogP contribution is 2.37. The van der Waals surface area contributed by atoms with Crippen molar-refractivity contribution in [1.29, 1.82) is 0 Å². The van der Waals surface area contributed by atoms with Crippen LogP contribution in [0.15, 0.2) is 36.7 Å². The number of ether oxygens (including phenoxy) is 1. The molecule has 0 spiro atoms. The molecule has 1 fully saturated rings. The molecule has 1 nitrogen and oxygen atoms in total. The van der Waals surface area contributed by atoms with E-state index in [1.54, 1.807) is 13.2 Å². The number of halogens is 1. The first-order chi connectivity index (χ1) is 9.33. The van der Waals surface area contributed by atoms with Crippen LogP contribution in [0.1, 0.15) is 49.1 Å². The minimum atomic E-state index is 0.677. The first-order valence-corrected chi connectivity index (χ1v) is 7.16. The quantitative estimate of drug-likeness (QED) is 0.727. The molecule has 1 aromatic rings. The lowest BCUT2D eigenvalue weighted by molar-refractivity contribution is 0.185. The Morgan fingerprint density at radius 1 is 1.16 bits per heavy atom. The molecule has 1 aromatic carbocycles. The van der Waals surface area contributed by atoms with Gasteiger partial charge in [0.05, 0.1) is 12.9 Å². The van der Waals surface area contributed by atoms with E-state index in [9.17, 15) is 4.39 Å². The van der Waals surface area contributed by atoms with Crippen LogP contribution < -0.4 is 0 Å². The number of allylic oxidation sites excluding steroid dienone is 1. The minimum absolute atomic E-state index is 0.677. The topological polar surface area (TPSA) is 9.23 Å². The fourth-order valence-corrected chi connectivity index (χ4v) is 3.03. The summed E-state index contributed by atoms with van der Waals surface area (Å²) in [4.78, 5) is 0. The molecule has 2 rings (SSSR count). The van der Waals surface area contributed by atoms with Crippen LogP contribution in [0.2, 0.25) is 0 Å². The molecule has 0 unspecified atom stereocenters. The van der Waals surface area contributed by atoms with E-state index in [0.29, 0.717) is 24.8 Å². The van der Waals surface area contributed by atoms with Gasteiger partial charge in [0.15, 0.2) is 0 Å². The van der Waals surface area contributed by atoms with Crippen molar-refractivity contribution in [3.05, 3.63) is 47.8 Å². The third-order valence-corrected chi connectivity index (χ3v) is 4.17. The molecule has 0 N–H and O–H groups in total. The van der Waals surface area contributed by atoms with Crippen LogP contribution in [0.25, 0.3) is 0 Å². The highest BCUT2D eigenvalue weighted by Gasteiger charge is 2.21. The van der Waals surface area contributed by atoms with Gasteiger partial charge in [0.1, 0.15) is 0 Å². The molecule has 1 aliphatic carbocycles. The van der Waals surface area contributed by atoms with Crippen LogP contribution in [0.4, 0.5) is 4.39 Å². The Morgan fingerprint density at radius 2 is 1.84 bits per heavy atom. The lowest BCUT2D eigenvalue weighted by Gasteiger charge is -2.28. The Morgan fingerprint density at radius 3 is 2.42 bits per heavy atom. The maximum atomic E-state index is 12.0. The molecule has 2 heteroatoms. The third-order valence-electron chi connectivity index (χ3n) is 4.17. The van der Waals surface area contributed by atoms with Crippen molar-refractivity contribution in [2.45, 2.75) is 44.6 Å². The standard InChI is InChI=1S/C17H23FO/c1-19-13-15-6-10-17(11-7-15)16-8-4-14(5-9-16)3-2-12-18/h2,6-7,10-12,14,16H,3-5,8-9,13H2,1H3/b12-2+/t14-,16-. The summed E-state index contributed by atoms with van der Waals surface area (Å²) in [6.07, 6.45) is 8.13. The van der Waals surface area contributed by atoms with Gasteiger partial charge in [-0.25, -0.2) is 4.39 Å². The van der Waals surface area contributed by atoms with Gasteiger partial charge in [0.25, 0.3) is 0 Å². The lowest BCUT2D eigenvalue weighted by Crippen LogP contribution is -2.12. The van der Waals surface area contributed by atoms with Crippen molar-refractivity contribution in [1.82, 2.24) is 0 Å². The van der Waals surface area contributed by atoms with E-state index in [1.165, 1.54) is 36.8 Å². The van der Waals surface area contributed by atoms with Crippen LogP contribution in [0, 0.1) is 5.92 Å². The lowest BCUT2D eigenvalue weighted by atomic mass is 9.77. The third kappa shape index (κ3) is 4.17. The van der Waals surface area contributed by atoms with Gasteiger partial charge in [-0.05, 0) is 55.1 Å². The summed E-state index contributed by atoms with van der Waals surface area (Å²) in [6.45, 7) is 0.683. The van der Waals surface area contributed by atoms with Crippen molar-refractivity contribution in [2.75, 3.05) is 7.11 Å².